The van der Waals surface area contributed by atoms with Crippen LogP contribution in [0.4, 0.5) is 0 Å². The molecule has 15 heavy (non-hydrogen) atoms. The van der Waals surface area contributed by atoms with Gasteiger partial charge in [-0.25, -0.2) is 0 Å². The fraction of sp³-hybridized carbons (Fsp3) is 1.00. The van der Waals surface area contributed by atoms with Gasteiger partial charge in [0, 0.05) is 45.8 Å². The third-order valence-electron chi connectivity index (χ3n) is 2.76. The Kier molecular flexibility index (Phi) is 6.87. The number of nitrogens with one attached hydrogen (secondary N) is 3. The second-order valence-electron chi connectivity index (χ2n) is 3.90. The number of likely N-dealkylation sites (N-methyl/N-ethyl adjacent to an activating group) is 1. The summed E-state index contributed by atoms with van der Waals surface area (Å²) in [6.07, 6.45) is 0.240. The van der Waals surface area contributed by atoms with Crippen LogP contribution in [0.1, 0.15) is 6.92 Å². The van der Waals surface area contributed by atoms with Crippen LogP contribution in [-0.2, 0) is 0 Å². The smallest absolute Gasteiger partial charge is 0.0700 e. The van der Waals surface area contributed by atoms with Crippen LogP contribution in [0.5, 0.6) is 0 Å². The van der Waals surface area contributed by atoms with E-state index in [1.54, 1.807) is 0 Å². The Hall–Kier alpha value is -0.200. The number of nitrogens with two attached hydrogens (primary N) is 1. The molecule has 2 rings (SSSR count). The highest BCUT2D eigenvalue weighted by molar-refractivity contribution is 4.73. The molecule has 2 aliphatic heterocycles. The van der Waals surface area contributed by atoms with Gasteiger partial charge in [-0.15, -0.1) is 0 Å². The molecule has 0 radical (unpaired) electrons. The van der Waals surface area contributed by atoms with E-state index in [4.69, 9.17) is 5.73 Å². The van der Waals surface area contributed by atoms with Gasteiger partial charge in [-0.3, -0.25) is 4.90 Å². The zero-order valence-electron chi connectivity index (χ0n) is 9.76. The number of rotatable bonds is 1. The van der Waals surface area contributed by atoms with Crippen molar-refractivity contribution in [2.45, 2.75) is 13.1 Å². The van der Waals surface area contributed by atoms with Crippen molar-refractivity contribution in [3.63, 3.8) is 0 Å². The van der Waals surface area contributed by atoms with Crippen molar-refractivity contribution in [2.75, 3.05) is 52.4 Å². The van der Waals surface area contributed by atoms with Crippen molar-refractivity contribution in [3.05, 3.63) is 0 Å². The lowest BCUT2D eigenvalue weighted by atomic mass is 10.3. The van der Waals surface area contributed by atoms with Crippen LogP contribution in [0, 0.1) is 0 Å². The molecule has 2 saturated heterocycles. The quantitative estimate of drug-likeness (QED) is 0.423. The largest absolute Gasteiger partial charge is 0.315 e. The first-order valence-electron chi connectivity index (χ1n) is 5.96. The van der Waals surface area contributed by atoms with Crippen LogP contribution >= 0.6 is 0 Å². The molecule has 1 atom stereocenters. The second-order valence-corrected chi connectivity index (χ2v) is 3.90. The van der Waals surface area contributed by atoms with Gasteiger partial charge in [-0.05, 0) is 6.54 Å². The Morgan fingerprint density at radius 1 is 1.07 bits per heavy atom. The Labute approximate surface area is 92.8 Å². The molecule has 5 N–H and O–H groups in total. The molecule has 2 fully saturated rings. The summed E-state index contributed by atoms with van der Waals surface area (Å²) in [4.78, 5) is 2.27. The molecular weight excluding hydrogens is 190 g/mol. The highest BCUT2D eigenvalue weighted by Gasteiger charge is 2.14. The zero-order valence-corrected chi connectivity index (χ0v) is 9.76. The second kappa shape index (κ2) is 8.01. The first-order chi connectivity index (χ1) is 7.34. The number of nitrogens with zero attached hydrogens (tertiary/aromatic N) is 1. The van der Waals surface area contributed by atoms with E-state index in [0.29, 0.717) is 0 Å². The molecule has 0 aromatic heterocycles. The molecule has 0 bridgehead atoms. The summed E-state index contributed by atoms with van der Waals surface area (Å²) in [5.41, 5.74) is 5.75. The van der Waals surface area contributed by atoms with Gasteiger partial charge in [-0.1, -0.05) is 6.92 Å². The molecule has 0 aromatic rings. The minimum atomic E-state index is 0.240. The van der Waals surface area contributed by atoms with E-state index in [0.717, 1.165) is 52.4 Å². The molecular formula is C10H25N5. The molecule has 2 heterocycles. The Morgan fingerprint density at radius 3 is 2.00 bits per heavy atom. The predicted octanol–water partition coefficient (Wildman–Crippen LogP) is -1.62. The Bertz CT molecular complexity index is 137. The van der Waals surface area contributed by atoms with Crippen molar-refractivity contribution in [2.24, 2.45) is 5.73 Å². The van der Waals surface area contributed by atoms with Crippen molar-refractivity contribution in [1.82, 2.24) is 20.9 Å². The average molecular weight is 215 g/mol. The summed E-state index contributed by atoms with van der Waals surface area (Å²) >= 11 is 0. The maximum Gasteiger partial charge on any atom is 0.0700 e. The van der Waals surface area contributed by atoms with Crippen molar-refractivity contribution in [1.29, 1.82) is 0 Å². The highest BCUT2D eigenvalue weighted by Crippen LogP contribution is 1.94. The minimum Gasteiger partial charge on any atom is -0.315 e. The molecule has 5 nitrogen and oxygen atoms in total. The summed E-state index contributed by atoms with van der Waals surface area (Å²) in [6.45, 7) is 10.9. The van der Waals surface area contributed by atoms with Crippen LogP contribution < -0.4 is 21.7 Å². The normalized spacial score (nSPS) is 28.0. The standard InChI is InChI=1S/C6H15N3.C4H10N2/c1-2-9-4-3-8-5-6(9)7;1-2-6-4-3-5-1/h6,8H,2-5,7H2,1H3;5-6H,1-4H2. The van der Waals surface area contributed by atoms with Crippen LogP contribution in [-0.4, -0.2) is 63.4 Å². The van der Waals surface area contributed by atoms with Crippen molar-refractivity contribution < 1.29 is 0 Å². The van der Waals surface area contributed by atoms with Gasteiger partial charge < -0.3 is 21.7 Å². The summed E-state index contributed by atoms with van der Waals surface area (Å²) in [5.74, 6) is 0. The van der Waals surface area contributed by atoms with Crippen LogP contribution in [0.25, 0.3) is 0 Å². The number of piperazine rings is 2. The number of hydrogen-bond acceptors (Lipinski definition) is 5. The fourth-order valence-corrected chi connectivity index (χ4v) is 1.76. The van der Waals surface area contributed by atoms with Crippen LogP contribution in [0.3, 0.4) is 0 Å². The summed E-state index contributed by atoms with van der Waals surface area (Å²) < 4.78 is 0. The van der Waals surface area contributed by atoms with Crippen molar-refractivity contribution >= 4 is 0 Å². The lowest BCUT2D eigenvalue weighted by molar-refractivity contribution is 0.174. The van der Waals surface area contributed by atoms with Gasteiger partial charge >= 0.3 is 0 Å². The predicted molar refractivity (Wildman–Crippen MR) is 63.8 cm³/mol. The maximum atomic E-state index is 5.75. The third kappa shape index (κ3) is 5.44. The van der Waals surface area contributed by atoms with Gasteiger partial charge in [0.1, 0.15) is 0 Å². The van der Waals surface area contributed by atoms with Gasteiger partial charge in [0.2, 0.25) is 0 Å². The van der Waals surface area contributed by atoms with Gasteiger partial charge in [0.25, 0.3) is 0 Å². The van der Waals surface area contributed by atoms with E-state index in [-0.39, 0.29) is 6.17 Å². The SMILES string of the molecule is C1CNCCN1.CCN1CCNCC1N. The highest BCUT2D eigenvalue weighted by atomic mass is 15.3. The minimum absolute atomic E-state index is 0.240. The first-order valence-corrected chi connectivity index (χ1v) is 5.96. The Morgan fingerprint density at radius 2 is 1.67 bits per heavy atom. The monoisotopic (exact) mass is 215 g/mol. The molecule has 1 unspecified atom stereocenters. The molecule has 0 aromatic carbocycles. The molecule has 5 heteroatoms. The lowest BCUT2D eigenvalue weighted by Gasteiger charge is -2.32. The van der Waals surface area contributed by atoms with Gasteiger partial charge in [0.05, 0.1) is 6.17 Å². The molecule has 2 aliphatic rings. The van der Waals surface area contributed by atoms with E-state index < -0.39 is 0 Å². The zero-order chi connectivity index (χ0) is 10.9. The van der Waals surface area contributed by atoms with E-state index in [9.17, 15) is 0 Å². The van der Waals surface area contributed by atoms with Gasteiger partial charge in [-0.2, -0.15) is 0 Å². The summed E-state index contributed by atoms with van der Waals surface area (Å²) in [7, 11) is 0. The summed E-state index contributed by atoms with van der Waals surface area (Å²) in [5, 5.41) is 9.68. The number of hydrogen-bond donors (Lipinski definition) is 4. The first kappa shape index (κ1) is 12.9. The van der Waals surface area contributed by atoms with Crippen molar-refractivity contribution in [3.8, 4) is 0 Å². The Balaban J connectivity index is 0.000000162. The maximum absolute atomic E-state index is 5.75. The molecule has 0 saturated carbocycles. The topological polar surface area (TPSA) is 65.3 Å². The van der Waals surface area contributed by atoms with Crippen LogP contribution in [0.2, 0.25) is 0 Å². The van der Waals surface area contributed by atoms with Gasteiger partial charge in [0.15, 0.2) is 0 Å². The van der Waals surface area contributed by atoms with Crippen LogP contribution in [0.15, 0.2) is 0 Å². The third-order valence-corrected chi connectivity index (χ3v) is 2.76. The molecule has 0 spiro atoms. The van der Waals surface area contributed by atoms with E-state index >= 15 is 0 Å². The molecule has 90 valence electrons. The lowest BCUT2D eigenvalue weighted by Crippen LogP contribution is -2.55. The average Bonchev–Trinajstić information content (AvgIpc) is 2.33. The fourth-order valence-electron chi connectivity index (χ4n) is 1.76. The van der Waals surface area contributed by atoms with E-state index in [1.807, 2.05) is 0 Å². The summed E-state index contributed by atoms with van der Waals surface area (Å²) in [6, 6.07) is 0. The molecule has 0 amide bonds. The van der Waals surface area contributed by atoms with E-state index in [1.165, 1.54) is 0 Å². The molecule has 0 aliphatic carbocycles. The van der Waals surface area contributed by atoms with E-state index in [2.05, 4.69) is 27.8 Å².